The summed E-state index contributed by atoms with van der Waals surface area (Å²) in [5.41, 5.74) is 5.84. The molecule has 2 N–H and O–H groups in total. The molecule has 1 aromatic rings. The Morgan fingerprint density at radius 2 is 2.33 bits per heavy atom. The zero-order chi connectivity index (χ0) is 15.1. The van der Waals surface area contributed by atoms with E-state index in [2.05, 4.69) is 4.99 Å². The zero-order valence-electron chi connectivity index (χ0n) is 11.6. The van der Waals surface area contributed by atoms with Crippen LogP contribution in [-0.2, 0) is 4.74 Å². The number of hydrogen-bond acceptors (Lipinski definition) is 4. The molecule has 1 aromatic carbocycles. The van der Waals surface area contributed by atoms with Gasteiger partial charge in [-0.25, -0.2) is 0 Å². The second kappa shape index (κ2) is 8.73. The maximum absolute atomic E-state index is 6.01. The first-order valence-corrected chi connectivity index (χ1v) is 8.51. The van der Waals surface area contributed by atoms with Gasteiger partial charge in [0.2, 0.25) is 0 Å². The Bertz CT molecular complexity index is 494. The lowest BCUT2D eigenvalue weighted by Gasteiger charge is -2.08. The molecule has 0 spiro atoms. The van der Waals surface area contributed by atoms with Crippen LogP contribution in [0.1, 0.15) is 12.8 Å². The van der Waals surface area contributed by atoms with E-state index in [-0.39, 0.29) is 6.10 Å². The number of nitrogens with zero attached hydrogens (tertiary/aromatic N) is 1. The molecule has 1 fully saturated rings. The predicted molar refractivity (Wildman–Crippen MR) is 89.9 cm³/mol. The van der Waals surface area contributed by atoms with Crippen molar-refractivity contribution in [2.75, 3.05) is 25.5 Å². The van der Waals surface area contributed by atoms with Crippen LogP contribution in [0.25, 0.3) is 0 Å². The van der Waals surface area contributed by atoms with Crippen LogP contribution in [0.2, 0.25) is 10.0 Å². The summed E-state index contributed by atoms with van der Waals surface area (Å²) in [5, 5.41) is 1.66. The maximum Gasteiger partial charge on any atom is 0.154 e. The van der Waals surface area contributed by atoms with Crippen molar-refractivity contribution in [3.63, 3.8) is 0 Å². The number of halogens is 2. The molecule has 0 saturated carbocycles. The maximum atomic E-state index is 6.01. The third kappa shape index (κ3) is 5.94. The molecule has 2 rings (SSSR count). The van der Waals surface area contributed by atoms with E-state index in [1.807, 2.05) is 0 Å². The summed E-state index contributed by atoms with van der Waals surface area (Å²) in [6, 6.07) is 5.15. The summed E-state index contributed by atoms with van der Waals surface area (Å²) < 4.78 is 11.1. The normalized spacial score (nSPS) is 19.0. The molecule has 0 aromatic heterocycles. The molecule has 1 aliphatic heterocycles. The first-order chi connectivity index (χ1) is 10.1. The molecule has 116 valence electrons. The second-order valence-electron chi connectivity index (χ2n) is 4.59. The summed E-state index contributed by atoms with van der Waals surface area (Å²) in [5.74, 6) is 1.33. The molecule has 0 aliphatic carbocycles. The van der Waals surface area contributed by atoms with E-state index in [4.69, 9.17) is 38.4 Å². The SMILES string of the molecule is NC(=NC[C@@H]1CCCO1)SCCOc1ccc(Cl)cc1Cl. The average Bonchev–Trinajstić information content (AvgIpc) is 2.96. The lowest BCUT2D eigenvalue weighted by Crippen LogP contribution is -2.15. The quantitative estimate of drug-likeness (QED) is 0.484. The van der Waals surface area contributed by atoms with Crippen LogP contribution >= 0.6 is 35.0 Å². The number of benzene rings is 1. The summed E-state index contributed by atoms with van der Waals surface area (Å²) >= 11 is 13.3. The van der Waals surface area contributed by atoms with Gasteiger partial charge in [0.1, 0.15) is 5.75 Å². The molecule has 0 unspecified atom stereocenters. The molecule has 0 radical (unpaired) electrons. The molecule has 21 heavy (non-hydrogen) atoms. The van der Waals surface area contributed by atoms with Gasteiger partial charge in [-0.05, 0) is 31.0 Å². The molecular formula is C14H18Cl2N2O2S. The van der Waals surface area contributed by atoms with E-state index in [0.717, 1.165) is 19.4 Å². The fourth-order valence-corrected chi connectivity index (χ4v) is 2.92. The van der Waals surface area contributed by atoms with Crippen LogP contribution in [0, 0.1) is 0 Å². The van der Waals surface area contributed by atoms with Gasteiger partial charge < -0.3 is 15.2 Å². The highest BCUT2D eigenvalue weighted by Crippen LogP contribution is 2.27. The summed E-state index contributed by atoms with van der Waals surface area (Å²) in [4.78, 5) is 4.31. The monoisotopic (exact) mass is 348 g/mol. The summed E-state index contributed by atoms with van der Waals surface area (Å²) in [6.45, 7) is 1.98. The minimum absolute atomic E-state index is 0.230. The lowest BCUT2D eigenvalue weighted by molar-refractivity contribution is 0.118. The Hall–Kier alpha value is -0.620. The minimum atomic E-state index is 0.230. The van der Waals surface area contributed by atoms with Crippen molar-refractivity contribution in [3.05, 3.63) is 28.2 Å². The van der Waals surface area contributed by atoms with Crippen molar-refractivity contribution < 1.29 is 9.47 Å². The van der Waals surface area contributed by atoms with Crippen molar-refractivity contribution in [2.24, 2.45) is 10.7 Å². The van der Waals surface area contributed by atoms with Gasteiger partial charge in [-0.3, -0.25) is 4.99 Å². The van der Waals surface area contributed by atoms with E-state index in [9.17, 15) is 0 Å². The minimum Gasteiger partial charge on any atom is -0.491 e. The molecule has 0 bridgehead atoms. The number of rotatable bonds is 6. The van der Waals surface area contributed by atoms with Crippen LogP contribution in [0.3, 0.4) is 0 Å². The zero-order valence-corrected chi connectivity index (χ0v) is 13.9. The van der Waals surface area contributed by atoms with Crippen LogP contribution in [0.15, 0.2) is 23.2 Å². The Kier molecular flexibility index (Phi) is 6.96. The molecule has 7 heteroatoms. The molecule has 0 amide bonds. The van der Waals surface area contributed by atoms with Gasteiger partial charge in [0.05, 0.1) is 24.3 Å². The highest BCUT2D eigenvalue weighted by Gasteiger charge is 2.14. The number of aliphatic imine (C=N–C) groups is 1. The van der Waals surface area contributed by atoms with Gasteiger partial charge in [-0.15, -0.1) is 0 Å². The third-order valence-electron chi connectivity index (χ3n) is 2.96. The fraction of sp³-hybridized carbons (Fsp3) is 0.500. The first-order valence-electron chi connectivity index (χ1n) is 6.77. The van der Waals surface area contributed by atoms with Gasteiger partial charge in [0.15, 0.2) is 5.17 Å². The standard InChI is InChI=1S/C14H18Cl2N2O2S/c15-10-3-4-13(12(16)8-10)20-6-7-21-14(17)18-9-11-2-1-5-19-11/h3-4,8,11H,1-2,5-7,9H2,(H2,17,18)/t11-/m0/s1. The molecule has 4 nitrogen and oxygen atoms in total. The van der Waals surface area contributed by atoms with E-state index >= 15 is 0 Å². The fourth-order valence-electron chi connectivity index (χ4n) is 1.92. The number of thioether (sulfide) groups is 1. The van der Waals surface area contributed by atoms with Gasteiger partial charge in [0, 0.05) is 17.4 Å². The van der Waals surface area contributed by atoms with Gasteiger partial charge >= 0.3 is 0 Å². The van der Waals surface area contributed by atoms with E-state index in [1.165, 1.54) is 11.8 Å². The van der Waals surface area contributed by atoms with Gasteiger partial charge in [0.25, 0.3) is 0 Å². The third-order valence-corrected chi connectivity index (χ3v) is 4.29. The largest absolute Gasteiger partial charge is 0.491 e. The number of amidine groups is 1. The van der Waals surface area contributed by atoms with Gasteiger partial charge in [-0.2, -0.15) is 0 Å². The van der Waals surface area contributed by atoms with Gasteiger partial charge in [-0.1, -0.05) is 35.0 Å². The second-order valence-corrected chi connectivity index (χ2v) is 6.54. The Labute approximate surface area is 139 Å². The molecular weight excluding hydrogens is 331 g/mol. The smallest absolute Gasteiger partial charge is 0.154 e. The summed E-state index contributed by atoms with van der Waals surface area (Å²) in [6.07, 6.45) is 2.41. The van der Waals surface area contributed by atoms with Crippen molar-refractivity contribution in [1.82, 2.24) is 0 Å². The molecule has 1 aliphatic rings. The van der Waals surface area contributed by atoms with E-state index in [1.54, 1.807) is 18.2 Å². The molecule has 1 saturated heterocycles. The highest BCUT2D eigenvalue weighted by molar-refractivity contribution is 8.13. The number of nitrogens with two attached hydrogens (primary N) is 1. The van der Waals surface area contributed by atoms with Crippen LogP contribution < -0.4 is 10.5 Å². The highest BCUT2D eigenvalue weighted by atomic mass is 35.5. The lowest BCUT2D eigenvalue weighted by atomic mass is 10.2. The van der Waals surface area contributed by atoms with E-state index < -0.39 is 0 Å². The summed E-state index contributed by atoms with van der Waals surface area (Å²) in [7, 11) is 0. The van der Waals surface area contributed by atoms with Crippen molar-refractivity contribution in [2.45, 2.75) is 18.9 Å². The van der Waals surface area contributed by atoms with E-state index in [0.29, 0.717) is 39.9 Å². The van der Waals surface area contributed by atoms with Crippen molar-refractivity contribution in [3.8, 4) is 5.75 Å². The predicted octanol–water partition coefficient (Wildman–Crippen LogP) is 3.60. The topological polar surface area (TPSA) is 56.8 Å². The number of ether oxygens (including phenoxy) is 2. The van der Waals surface area contributed by atoms with Crippen LogP contribution in [-0.4, -0.2) is 36.8 Å². The Morgan fingerprint density at radius 1 is 1.48 bits per heavy atom. The van der Waals surface area contributed by atoms with Crippen LogP contribution in [0.4, 0.5) is 0 Å². The first kappa shape index (κ1) is 16.7. The van der Waals surface area contributed by atoms with Crippen molar-refractivity contribution >= 4 is 40.1 Å². The van der Waals surface area contributed by atoms with Crippen molar-refractivity contribution in [1.29, 1.82) is 0 Å². The number of hydrogen-bond donors (Lipinski definition) is 1. The Balaban J connectivity index is 1.65. The molecule has 1 atom stereocenters. The van der Waals surface area contributed by atoms with Crippen LogP contribution in [0.5, 0.6) is 5.75 Å². The Morgan fingerprint density at radius 3 is 3.05 bits per heavy atom. The average molecular weight is 349 g/mol. The molecule has 1 heterocycles.